The summed E-state index contributed by atoms with van der Waals surface area (Å²) in [6.07, 6.45) is 5.18. The van der Waals surface area contributed by atoms with Crippen LogP contribution in [0.2, 0.25) is 0 Å². The zero-order valence-corrected chi connectivity index (χ0v) is 31.0. The van der Waals surface area contributed by atoms with Crippen LogP contribution in [0, 0.1) is 0 Å². The summed E-state index contributed by atoms with van der Waals surface area (Å²) in [5.41, 5.74) is -5.35. The number of anilines is 1. The SMILES string of the molecule is CCOC(=O)C1=NN(c2cc(S(=O)(=O)O)ccc2S(=O)(=O)O)C(=O)C1=CC=CC=Cc1c(C(=O)OCC)[nH]n(-c2cc(S(=O)(=O)O)ccc2S(=O)(=O)O)c1=O. The van der Waals surface area contributed by atoms with Crippen molar-refractivity contribution < 1.29 is 75.7 Å². The highest BCUT2D eigenvalue weighted by Crippen LogP contribution is 2.33. The minimum absolute atomic E-state index is 0.210. The first-order chi connectivity index (χ1) is 25.4. The van der Waals surface area contributed by atoms with Crippen molar-refractivity contribution in [2.24, 2.45) is 5.10 Å². The molecule has 0 saturated heterocycles. The normalized spacial score (nSPS) is 14.9. The lowest BCUT2D eigenvalue weighted by Crippen LogP contribution is -2.24. The van der Waals surface area contributed by atoms with Crippen molar-refractivity contribution in [1.82, 2.24) is 9.78 Å². The van der Waals surface area contributed by atoms with Gasteiger partial charge >= 0.3 is 11.9 Å². The number of allylic oxidation sites excluding steroid dienone is 4. The molecular weight excluding hydrogens is 821 g/mol. The largest absolute Gasteiger partial charge is 0.461 e. The van der Waals surface area contributed by atoms with Gasteiger partial charge in [-0.3, -0.25) is 32.9 Å². The number of hydrogen-bond acceptors (Lipinski definition) is 15. The Morgan fingerprint density at radius 3 is 1.75 bits per heavy atom. The van der Waals surface area contributed by atoms with Gasteiger partial charge in [-0.15, -0.1) is 0 Å². The summed E-state index contributed by atoms with van der Waals surface area (Å²) in [5, 5.41) is 6.29. The number of aromatic nitrogens is 2. The van der Waals surface area contributed by atoms with Crippen molar-refractivity contribution in [2.75, 3.05) is 18.2 Å². The third-order valence-electron chi connectivity index (χ3n) is 6.98. The molecule has 26 heteroatoms. The molecule has 0 spiro atoms. The molecule has 0 unspecified atom stereocenters. The molecule has 1 amide bonds. The van der Waals surface area contributed by atoms with Crippen molar-refractivity contribution in [3.63, 3.8) is 0 Å². The van der Waals surface area contributed by atoms with Gasteiger partial charge in [0, 0.05) is 0 Å². The molecular formula is C29H26N4O18S4. The Morgan fingerprint density at radius 2 is 1.24 bits per heavy atom. The van der Waals surface area contributed by atoms with E-state index >= 15 is 0 Å². The summed E-state index contributed by atoms with van der Waals surface area (Å²) in [5.74, 6) is -3.62. The Morgan fingerprint density at radius 1 is 0.727 bits per heavy atom. The van der Waals surface area contributed by atoms with E-state index in [-0.39, 0.29) is 18.2 Å². The summed E-state index contributed by atoms with van der Waals surface area (Å²) < 4.78 is 144. The number of rotatable bonds is 13. The zero-order valence-electron chi connectivity index (χ0n) is 27.7. The highest BCUT2D eigenvalue weighted by molar-refractivity contribution is 7.87. The van der Waals surface area contributed by atoms with Gasteiger partial charge in [-0.25, -0.2) is 14.3 Å². The van der Waals surface area contributed by atoms with Gasteiger partial charge in [-0.1, -0.05) is 18.2 Å². The zero-order chi connectivity index (χ0) is 41.3. The van der Waals surface area contributed by atoms with Crippen LogP contribution in [0.1, 0.15) is 29.9 Å². The van der Waals surface area contributed by atoms with Crippen LogP contribution in [-0.2, 0) is 59.5 Å². The molecule has 4 rings (SSSR count). The molecule has 0 radical (unpaired) electrons. The number of H-pyrrole nitrogens is 1. The van der Waals surface area contributed by atoms with Gasteiger partial charge in [-0.2, -0.15) is 43.8 Å². The Balaban J connectivity index is 1.82. The molecule has 2 heterocycles. The number of carbonyl (C=O) groups excluding carboxylic acids is 3. The first-order valence-electron chi connectivity index (χ1n) is 14.8. The number of hydrogen-bond donors (Lipinski definition) is 5. The smallest absolute Gasteiger partial charge is 0.359 e. The Hall–Kier alpha value is -5.61. The average Bonchev–Trinajstić information content (AvgIpc) is 3.58. The van der Waals surface area contributed by atoms with Gasteiger partial charge in [0.1, 0.15) is 9.79 Å². The quantitative estimate of drug-likeness (QED) is 0.0687. The molecule has 3 aromatic rings. The van der Waals surface area contributed by atoms with Gasteiger partial charge < -0.3 is 9.47 Å². The molecule has 0 fully saturated rings. The van der Waals surface area contributed by atoms with Crippen LogP contribution in [-0.4, -0.2) is 98.4 Å². The van der Waals surface area contributed by atoms with E-state index in [0.29, 0.717) is 41.1 Å². The highest BCUT2D eigenvalue weighted by atomic mass is 32.2. The number of carbonyl (C=O) groups is 3. The monoisotopic (exact) mass is 846 g/mol. The first-order valence-corrected chi connectivity index (χ1v) is 20.5. The molecule has 22 nitrogen and oxygen atoms in total. The number of amides is 1. The lowest BCUT2D eigenvalue weighted by molar-refractivity contribution is -0.135. The molecule has 0 atom stereocenters. The molecule has 2 aromatic carbocycles. The number of benzene rings is 2. The van der Waals surface area contributed by atoms with E-state index in [0.717, 1.165) is 30.4 Å². The summed E-state index contributed by atoms with van der Waals surface area (Å²) in [6.45, 7) is 2.38. The maximum absolute atomic E-state index is 13.5. The van der Waals surface area contributed by atoms with Crippen molar-refractivity contribution >= 4 is 75.8 Å². The predicted octanol–water partition coefficient (Wildman–Crippen LogP) is 0.791. The van der Waals surface area contributed by atoms with E-state index in [9.17, 15) is 71.1 Å². The van der Waals surface area contributed by atoms with Gasteiger partial charge in [0.15, 0.2) is 11.4 Å². The van der Waals surface area contributed by atoms with Crippen molar-refractivity contribution in [3.8, 4) is 5.69 Å². The van der Waals surface area contributed by atoms with Crippen LogP contribution in [0.4, 0.5) is 5.69 Å². The maximum atomic E-state index is 13.5. The van der Waals surface area contributed by atoms with Crippen LogP contribution >= 0.6 is 0 Å². The predicted molar refractivity (Wildman–Crippen MR) is 186 cm³/mol. The molecule has 1 aromatic heterocycles. The summed E-state index contributed by atoms with van der Waals surface area (Å²) >= 11 is 0. The van der Waals surface area contributed by atoms with Gasteiger partial charge in [0.2, 0.25) is 0 Å². The first kappa shape index (κ1) is 42.1. The molecule has 0 bridgehead atoms. The van der Waals surface area contributed by atoms with E-state index in [1.807, 2.05) is 0 Å². The number of hydrazone groups is 1. The van der Waals surface area contributed by atoms with Gasteiger partial charge in [-0.05, 0) is 62.4 Å². The lowest BCUT2D eigenvalue weighted by atomic mass is 10.1. The van der Waals surface area contributed by atoms with Crippen molar-refractivity contribution in [2.45, 2.75) is 33.4 Å². The fourth-order valence-corrected chi connectivity index (χ4v) is 6.98. The summed E-state index contributed by atoms with van der Waals surface area (Å²) in [6, 6.07) is 3.38. The fourth-order valence-electron chi connectivity index (χ4n) is 4.67. The molecule has 1 aliphatic rings. The summed E-state index contributed by atoms with van der Waals surface area (Å²) in [4.78, 5) is 48.6. The van der Waals surface area contributed by atoms with Crippen LogP contribution in [0.3, 0.4) is 0 Å². The van der Waals surface area contributed by atoms with Gasteiger partial charge in [0.25, 0.3) is 51.9 Å². The highest BCUT2D eigenvalue weighted by Gasteiger charge is 2.38. The molecule has 0 aliphatic carbocycles. The Labute approximate surface area is 310 Å². The number of aromatic amines is 1. The van der Waals surface area contributed by atoms with Crippen LogP contribution in [0.15, 0.2) is 95.8 Å². The van der Waals surface area contributed by atoms with Crippen molar-refractivity contribution in [1.29, 1.82) is 0 Å². The minimum atomic E-state index is -5.17. The fraction of sp³-hybridized carbons (Fsp3) is 0.138. The van der Waals surface area contributed by atoms with Gasteiger partial charge in [0.05, 0.1) is 45.5 Å². The van der Waals surface area contributed by atoms with Crippen LogP contribution in [0.5, 0.6) is 0 Å². The second kappa shape index (κ2) is 15.6. The molecule has 294 valence electrons. The Kier molecular flexibility index (Phi) is 12.0. The third kappa shape index (κ3) is 9.20. The molecule has 0 saturated carbocycles. The van der Waals surface area contributed by atoms with E-state index in [1.54, 1.807) is 0 Å². The topological polar surface area (TPSA) is 341 Å². The number of ether oxygens (including phenoxy) is 2. The maximum Gasteiger partial charge on any atom is 0.359 e. The Bertz CT molecular complexity index is 2760. The molecule has 1 aliphatic heterocycles. The van der Waals surface area contributed by atoms with Crippen LogP contribution < -0.4 is 10.6 Å². The summed E-state index contributed by atoms with van der Waals surface area (Å²) in [7, 11) is -20.3. The van der Waals surface area contributed by atoms with Crippen molar-refractivity contribution in [3.05, 3.63) is 87.9 Å². The van der Waals surface area contributed by atoms with E-state index in [2.05, 4.69) is 10.2 Å². The lowest BCUT2D eigenvalue weighted by Gasteiger charge is -2.15. The number of nitrogens with zero attached hydrogens (tertiary/aromatic N) is 3. The average molecular weight is 847 g/mol. The third-order valence-corrected chi connectivity index (χ3v) is 10.5. The number of esters is 2. The molecule has 5 N–H and O–H groups in total. The molecule has 55 heavy (non-hydrogen) atoms. The van der Waals surface area contributed by atoms with E-state index < -0.39 is 117 Å². The second-order valence-corrected chi connectivity index (χ2v) is 16.2. The van der Waals surface area contributed by atoms with E-state index in [4.69, 9.17) is 9.47 Å². The number of nitrogens with one attached hydrogen (secondary N) is 1. The minimum Gasteiger partial charge on any atom is -0.461 e. The van der Waals surface area contributed by atoms with E-state index in [1.165, 1.54) is 13.8 Å². The second-order valence-electron chi connectivity index (χ2n) is 10.5. The van der Waals surface area contributed by atoms with Crippen LogP contribution in [0.25, 0.3) is 11.8 Å². The standard InChI is InChI=1S/C29H26N4O18S4/c1-3-50-28(36)24-18(26(34)32(30-24)20-14-16(52(38,39)40)10-12-22(20)54(44,45)46)8-6-5-7-9-19-25(29(37)51-4-2)31-33(27(19)35)21-15-17(53(41,42)43)11-13-23(21)55(47,48)49/h5-15,30H,3-4H2,1-2H3,(H,38,39,40)(H,41,42,43)(H,44,45,46)(H,47,48,49).